The quantitative estimate of drug-likeness (QED) is 0.859. The fourth-order valence-electron chi connectivity index (χ4n) is 3.08. The zero-order chi connectivity index (χ0) is 13.5. The van der Waals surface area contributed by atoms with Gasteiger partial charge in [-0.25, -0.2) is 4.68 Å². The molecule has 2 aliphatic rings. The highest BCUT2D eigenvalue weighted by Gasteiger charge is 2.36. The second-order valence-corrected chi connectivity index (χ2v) is 5.74. The summed E-state index contributed by atoms with van der Waals surface area (Å²) in [5.41, 5.74) is -0.223. The first kappa shape index (κ1) is 12.6. The van der Waals surface area contributed by atoms with Crippen LogP contribution < -0.4 is 0 Å². The summed E-state index contributed by atoms with van der Waals surface area (Å²) in [6.45, 7) is 0.753. The number of nitrogens with zero attached hydrogens (tertiary/aromatic N) is 4. The van der Waals surface area contributed by atoms with Crippen molar-refractivity contribution in [2.75, 3.05) is 13.6 Å². The van der Waals surface area contributed by atoms with E-state index in [0.717, 1.165) is 38.6 Å². The molecular weight excluding hydrogens is 244 g/mol. The predicted octanol–water partition coefficient (Wildman–Crippen LogP) is 0.833. The van der Waals surface area contributed by atoms with Gasteiger partial charge < -0.3 is 10.0 Å². The number of aliphatic hydroxyl groups is 1. The van der Waals surface area contributed by atoms with E-state index in [9.17, 15) is 9.90 Å². The standard InChI is InChI=1S/C13H20N4O2/c1-16-8-5-10(12(16)18)17-9-11(14-15-17)13(19)6-3-2-4-7-13/h9-10,19H,2-8H2,1H3. The molecule has 6 nitrogen and oxygen atoms in total. The summed E-state index contributed by atoms with van der Waals surface area (Å²) in [6.07, 6.45) is 7.21. The Hall–Kier alpha value is -1.43. The van der Waals surface area contributed by atoms with Crippen LogP contribution in [0.2, 0.25) is 0 Å². The van der Waals surface area contributed by atoms with Crippen molar-refractivity contribution in [3.05, 3.63) is 11.9 Å². The first-order valence-corrected chi connectivity index (χ1v) is 7.00. The van der Waals surface area contributed by atoms with Gasteiger partial charge in [-0.1, -0.05) is 24.5 Å². The van der Waals surface area contributed by atoms with Crippen molar-refractivity contribution in [2.24, 2.45) is 0 Å². The van der Waals surface area contributed by atoms with Crippen LogP contribution in [0.5, 0.6) is 0 Å². The second-order valence-electron chi connectivity index (χ2n) is 5.74. The Morgan fingerprint density at radius 2 is 2.11 bits per heavy atom. The fourth-order valence-corrected chi connectivity index (χ4v) is 3.08. The van der Waals surface area contributed by atoms with Crippen molar-refractivity contribution in [3.63, 3.8) is 0 Å². The Labute approximate surface area is 112 Å². The van der Waals surface area contributed by atoms with E-state index in [1.165, 1.54) is 6.42 Å². The number of rotatable bonds is 2. The summed E-state index contributed by atoms with van der Waals surface area (Å²) in [5.74, 6) is 0.0760. The molecule has 1 N–H and O–H groups in total. The maximum Gasteiger partial charge on any atom is 0.247 e. The highest BCUT2D eigenvalue weighted by atomic mass is 16.3. The molecule has 6 heteroatoms. The van der Waals surface area contributed by atoms with Crippen molar-refractivity contribution in [3.8, 4) is 0 Å². The van der Waals surface area contributed by atoms with Gasteiger partial charge in [0.15, 0.2) is 0 Å². The number of hydrogen-bond donors (Lipinski definition) is 1. The Morgan fingerprint density at radius 3 is 2.74 bits per heavy atom. The molecule has 0 bridgehead atoms. The second kappa shape index (κ2) is 4.59. The summed E-state index contributed by atoms with van der Waals surface area (Å²) in [7, 11) is 1.80. The molecule has 1 aliphatic carbocycles. The van der Waals surface area contributed by atoms with Gasteiger partial charge in [-0.15, -0.1) is 5.10 Å². The van der Waals surface area contributed by atoms with Crippen LogP contribution in [-0.2, 0) is 10.4 Å². The normalized spacial score (nSPS) is 26.9. The maximum absolute atomic E-state index is 11.9. The lowest BCUT2D eigenvalue weighted by Gasteiger charge is -2.29. The minimum Gasteiger partial charge on any atom is -0.383 e. The van der Waals surface area contributed by atoms with Crippen molar-refractivity contribution in [1.29, 1.82) is 0 Å². The highest BCUT2D eigenvalue weighted by molar-refractivity contribution is 5.82. The van der Waals surface area contributed by atoms with Gasteiger partial charge in [-0.3, -0.25) is 4.79 Å². The first-order chi connectivity index (χ1) is 9.10. The van der Waals surface area contributed by atoms with E-state index >= 15 is 0 Å². The molecule has 2 heterocycles. The summed E-state index contributed by atoms with van der Waals surface area (Å²) >= 11 is 0. The van der Waals surface area contributed by atoms with Gasteiger partial charge >= 0.3 is 0 Å². The van der Waals surface area contributed by atoms with Gasteiger partial charge in [0.1, 0.15) is 17.3 Å². The topological polar surface area (TPSA) is 71.2 Å². The van der Waals surface area contributed by atoms with Crippen LogP contribution in [0.25, 0.3) is 0 Å². The number of carbonyl (C=O) groups excluding carboxylic acids is 1. The summed E-state index contributed by atoms with van der Waals surface area (Å²) in [5, 5.41) is 18.8. The Bertz CT molecular complexity index is 479. The van der Waals surface area contributed by atoms with Gasteiger partial charge in [0, 0.05) is 13.6 Å². The summed E-state index contributed by atoms with van der Waals surface area (Å²) in [6, 6.07) is -0.251. The molecule has 1 unspecified atom stereocenters. The van der Waals surface area contributed by atoms with Gasteiger partial charge in [-0.2, -0.15) is 0 Å². The molecule has 3 rings (SSSR count). The van der Waals surface area contributed by atoms with Crippen LogP contribution in [0.1, 0.15) is 50.3 Å². The lowest BCUT2D eigenvalue weighted by atomic mass is 9.83. The maximum atomic E-state index is 11.9. The third-order valence-corrected chi connectivity index (χ3v) is 4.39. The average Bonchev–Trinajstić information content (AvgIpc) is 3.00. The van der Waals surface area contributed by atoms with E-state index in [1.807, 2.05) is 0 Å². The van der Waals surface area contributed by atoms with Gasteiger partial charge in [-0.05, 0) is 19.3 Å². The Kier molecular flexibility index (Phi) is 3.05. The number of amides is 1. The molecule has 0 spiro atoms. The van der Waals surface area contributed by atoms with Crippen molar-refractivity contribution < 1.29 is 9.90 Å². The molecule has 104 valence electrons. The van der Waals surface area contributed by atoms with Crippen LogP contribution in [-0.4, -0.2) is 44.5 Å². The first-order valence-electron chi connectivity index (χ1n) is 7.00. The smallest absolute Gasteiger partial charge is 0.247 e. The third kappa shape index (κ3) is 2.14. The molecule has 0 aromatic carbocycles. The number of likely N-dealkylation sites (N-methyl/N-ethyl adjacent to an activating group) is 1. The predicted molar refractivity (Wildman–Crippen MR) is 68.3 cm³/mol. The molecule has 1 saturated heterocycles. The highest BCUT2D eigenvalue weighted by Crippen LogP contribution is 2.36. The van der Waals surface area contributed by atoms with E-state index in [2.05, 4.69) is 10.3 Å². The molecule has 19 heavy (non-hydrogen) atoms. The van der Waals surface area contributed by atoms with Crippen LogP contribution in [0.3, 0.4) is 0 Å². The monoisotopic (exact) mass is 264 g/mol. The van der Waals surface area contributed by atoms with Gasteiger partial charge in [0.2, 0.25) is 5.91 Å². The molecule has 1 atom stereocenters. The van der Waals surface area contributed by atoms with Crippen LogP contribution in [0, 0.1) is 0 Å². The van der Waals surface area contributed by atoms with E-state index in [1.54, 1.807) is 22.8 Å². The van der Waals surface area contributed by atoms with Crippen LogP contribution in [0.4, 0.5) is 0 Å². The number of likely N-dealkylation sites (tertiary alicyclic amines) is 1. The molecule has 0 radical (unpaired) electrons. The zero-order valence-electron chi connectivity index (χ0n) is 11.2. The van der Waals surface area contributed by atoms with Crippen molar-refractivity contribution >= 4 is 5.91 Å². The van der Waals surface area contributed by atoms with E-state index in [0.29, 0.717) is 5.69 Å². The molecule has 1 amide bonds. The largest absolute Gasteiger partial charge is 0.383 e. The number of carbonyl (C=O) groups is 1. The summed E-state index contributed by atoms with van der Waals surface area (Å²) in [4.78, 5) is 13.7. The lowest BCUT2D eigenvalue weighted by Crippen LogP contribution is -2.29. The third-order valence-electron chi connectivity index (χ3n) is 4.39. The molecule has 1 aromatic heterocycles. The zero-order valence-corrected chi connectivity index (χ0v) is 11.2. The minimum atomic E-state index is -0.843. The fraction of sp³-hybridized carbons (Fsp3) is 0.769. The molecule has 2 fully saturated rings. The van der Waals surface area contributed by atoms with Gasteiger partial charge in [0.25, 0.3) is 0 Å². The van der Waals surface area contributed by atoms with Crippen LogP contribution in [0.15, 0.2) is 6.20 Å². The Morgan fingerprint density at radius 1 is 1.37 bits per heavy atom. The number of hydrogen-bond acceptors (Lipinski definition) is 4. The molecule has 1 aliphatic heterocycles. The van der Waals surface area contributed by atoms with Crippen molar-refractivity contribution in [1.82, 2.24) is 19.9 Å². The number of aromatic nitrogens is 3. The van der Waals surface area contributed by atoms with Gasteiger partial charge in [0.05, 0.1) is 6.20 Å². The Balaban J connectivity index is 1.81. The molecule has 1 saturated carbocycles. The SMILES string of the molecule is CN1CCC(n2cc(C3(O)CCCCC3)nn2)C1=O. The minimum absolute atomic E-state index is 0.0760. The van der Waals surface area contributed by atoms with E-state index in [-0.39, 0.29) is 11.9 Å². The molecule has 1 aromatic rings. The van der Waals surface area contributed by atoms with E-state index in [4.69, 9.17) is 0 Å². The average molecular weight is 264 g/mol. The molecular formula is C13H20N4O2. The van der Waals surface area contributed by atoms with E-state index < -0.39 is 5.60 Å². The van der Waals surface area contributed by atoms with Crippen molar-refractivity contribution in [2.45, 2.75) is 50.2 Å². The lowest BCUT2D eigenvalue weighted by molar-refractivity contribution is -0.129. The van der Waals surface area contributed by atoms with Crippen LogP contribution >= 0.6 is 0 Å². The summed E-state index contributed by atoms with van der Waals surface area (Å²) < 4.78 is 1.62.